The van der Waals surface area contributed by atoms with Crippen molar-refractivity contribution in [3.05, 3.63) is 83.0 Å². The number of benzene rings is 1. The van der Waals surface area contributed by atoms with E-state index in [4.69, 9.17) is 15.3 Å². The molecule has 0 spiro atoms. The molecule has 0 atom stereocenters. The van der Waals surface area contributed by atoms with Crippen LogP contribution in [0, 0.1) is 21.7 Å². The van der Waals surface area contributed by atoms with Crippen LogP contribution in [0.1, 0.15) is 5.56 Å². The molecule has 1 aromatic carbocycles. The third kappa shape index (κ3) is 7.50. The van der Waals surface area contributed by atoms with Crippen LogP contribution in [0.25, 0.3) is 0 Å². The Bertz CT molecular complexity index is 800. The minimum atomic E-state index is -1.50. The standard InChI is InChI=1S/C17H19F2N5.HNO3/c18-16-2-1-15(17(19)11-16)12-22(7-9-23-5-3-20-13-23)8-10-24-6-4-21-14-24;2-1(3)4/h1-6,11,13-14H,7-10,12H2;(H,2,3,4). The van der Waals surface area contributed by atoms with Gasteiger partial charge in [0.2, 0.25) is 0 Å². The highest BCUT2D eigenvalue weighted by molar-refractivity contribution is 5.18. The van der Waals surface area contributed by atoms with Crippen LogP contribution in [0.15, 0.2) is 55.6 Å². The van der Waals surface area contributed by atoms with E-state index in [2.05, 4.69) is 14.9 Å². The van der Waals surface area contributed by atoms with E-state index in [1.807, 2.05) is 21.5 Å². The second-order valence-electron chi connectivity index (χ2n) is 5.85. The lowest BCUT2D eigenvalue weighted by Gasteiger charge is -2.23. The summed E-state index contributed by atoms with van der Waals surface area (Å²) in [6.07, 6.45) is 10.8. The van der Waals surface area contributed by atoms with Crippen molar-refractivity contribution in [2.24, 2.45) is 0 Å². The molecule has 0 saturated carbocycles. The molecule has 11 heteroatoms. The van der Waals surface area contributed by atoms with Gasteiger partial charge in [-0.25, -0.2) is 18.7 Å². The highest BCUT2D eigenvalue weighted by Gasteiger charge is 2.11. The van der Waals surface area contributed by atoms with Gasteiger partial charge in [-0.3, -0.25) is 4.90 Å². The van der Waals surface area contributed by atoms with Gasteiger partial charge in [-0.15, -0.1) is 10.1 Å². The van der Waals surface area contributed by atoms with Gasteiger partial charge in [0.05, 0.1) is 12.7 Å². The number of nitrogens with zero attached hydrogens (tertiary/aromatic N) is 6. The summed E-state index contributed by atoms with van der Waals surface area (Å²) in [5.74, 6) is -1.06. The topological polar surface area (TPSA) is 102 Å². The van der Waals surface area contributed by atoms with Crippen molar-refractivity contribution in [3.8, 4) is 0 Å². The maximum atomic E-state index is 13.9. The summed E-state index contributed by atoms with van der Waals surface area (Å²) >= 11 is 0. The Labute approximate surface area is 159 Å². The summed E-state index contributed by atoms with van der Waals surface area (Å²) in [4.78, 5) is 18.5. The van der Waals surface area contributed by atoms with Crippen molar-refractivity contribution in [3.63, 3.8) is 0 Å². The van der Waals surface area contributed by atoms with Crippen molar-refractivity contribution in [1.82, 2.24) is 24.0 Å². The number of hydrogen-bond donors (Lipinski definition) is 1. The number of aromatic nitrogens is 4. The molecule has 0 amide bonds. The summed E-state index contributed by atoms with van der Waals surface area (Å²) in [6.45, 7) is 3.42. The normalized spacial score (nSPS) is 10.5. The first-order chi connectivity index (χ1) is 13.4. The minimum absolute atomic E-state index is 0.426. The predicted octanol–water partition coefficient (Wildman–Crippen LogP) is 2.21. The van der Waals surface area contributed by atoms with Gasteiger partial charge in [0.25, 0.3) is 5.09 Å². The molecule has 3 rings (SSSR count). The number of hydrogen-bond acceptors (Lipinski definition) is 5. The van der Waals surface area contributed by atoms with Crippen LogP contribution < -0.4 is 0 Å². The molecule has 0 aliphatic carbocycles. The van der Waals surface area contributed by atoms with Gasteiger partial charge in [-0.2, -0.15) is 0 Å². The summed E-state index contributed by atoms with van der Waals surface area (Å²) in [7, 11) is 0. The maximum Gasteiger partial charge on any atom is 0.291 e. The van der Waals surface area contributed by atoms with Crippen molar-refractivity contribution in [2.75, 3.05) is 13.1 Å². The van der Waals surface area contributed by atoms with Crippen molar-refractivity contribution >= 4 is 0 Å². The fourth-order valence-corrected chi connectivity index (χ4v) is 2.51. The highest BCUT2D eigenvalue weighted by atomic mass is 19.1. The molecule has 1 N–H and O–H groups in total. The number of halogens is 2. The summed E-state index contributed by atoms with van der Waals surface area (Å²) in [6, 6.07) is 3.73. The van der Waals surface area contributed by atoms with E-state index < -0.39 is 16.7 Å². The fraction of sp³-hybridized carbons (Fsp3) is 0.294. The van der Waals surface area contributed by atoms with Gasteiger partial charge < -0.3 is 14.3 Å². The smallest absolute Gasteiger partial charge is 0.291 e. The second kappa shape index (κ2) is 10.7. The van der Waals surface area contributed by atoms with Crippen molar-refractivity contribution < 1.29 is 19.1 Å². The van der Waals surface area contributed by atoms with Crippen LogP contribution in [-0.2, 0) is 19.6 Å². The molecular weight excluding hydrogens is 374 g/mol. The van der Waals surface area contributed by atoms with E-state index in [-0.39, 0.29) is 0 Å². The van der Waals surface area contributed by atoms with E-state index in [1.54, 1.807) is 25.0 Å². The summed E-state index contributed by atoms with van der Waals surface area (Å²) < 4.78 is 31.0. The van der Waals surface area contributed by atoms with Crippen LogP contribution in [-0.4, -0.2) is 47.4 Å². The molecule has 3 aromatic rings. The fourth-order valence-electron chi connectivity index (χ4n) is 2.51. The van der Waals surface area contributed by atoms with Crippen molar-refractivity contribution in [1.29, 1.82) is 0 Å². The molecule has 150 valence electrons. The summed E-state index contributed by atoms with van der Waals surface area (Å²) in [5, 5.41) is 13.6. The molecule has 0 fully saturated rings. The van der Waals surface area contributed by atoms with Gasteiger partial charge in [0, 0.05) is 69.1 Å². The largest absolute Gasteiger partial charge is 0.336 e. The van der Waals surface area contributed by atoms with Gasteiger partial charge in [-0.05, 0) is 6.07 Å². The first-order valence-corrected chi connectivity index (χ1v) is 8.35. The van der Waals surface area contributed by atoms with Gasteiger partial charge >= 0.3 is 0 Å². The lowest BCUT2D eigenvalue weighted by atomic mass is 10.2. The SMILES string of the molecule is Fc1ccc(CN(CCn2ccnc2)CCn2ccnc2)c(F)c1.O=[N+]([O-])O. The zero-order valence-corrected chi connectivity index (χ0v) is 14.9. The molecule has 0 bridgehead atoms. The van der Waals surface area contributed by atoms with Crippen LogP contribution >= 0.6 is 0 Å². The molecular formula is C17H20F2N6O3. The first-order valence-electron chi connectivity index (χ1n) is 8.35. The zero-order chi connectivity index (χ0) is 20.4. The quantitative estimate of drug-likeness (QED) is 0.464. The molecule has 0 radical (unpaired) electrons. The van der Waals surface area contributed by atoms with Crippen LogP contribution in [0.2, 0.25) is 0 Å². The molecule has 0 saturated heterocycles. The van der Waals surface area contributed by atoms with E-state index in [1.165, 1.54) is 12.1 Å². The Kier molecular flexibility index (Phi) is 8.03. The Morgan fingerprint density at radius 1 is 1.07 bits per heavy atom. The third-order valence-electron chi connectivity index (χ3n) is 3.88. The molecule has 9 nitrogen and oxygen atoms in total. The van der Waals surface area contributed by atoms with Gasteiger partial charge in [0.1, 0.15) is 11.6 Å². The lowest BCUT2D eigenvalue weighted by molar-refractivity contribution is -0.742. The van der Waals surface area contributed by atoms with Crippen molar-refractivity contribution in [2.45, 2.75) is 19.6 Å². The van der Waals surface area contributed by atoms with E-state index >= 15 is 0 Å². The molecule has 0 unspecified atom stereocenters. The molecule has 0 aliphatic heterocycles. The second-order valence-corrected chi connectivity index (χ2v) is 5.85. The predicted molar refractivity (Wildman–Crippen MR) is 94.9 cm³/mol. The Hall–Kier alpha value is -3.34. The highest BCUT2D eigenvalue weighted by Crippen LogP contribution is 2.12. The Morgan fingerprint density at radius 2 is 1.61 bits per heavy atom. The lowest BCUT2D eigenvalue weighted by Crippen LogP contribution is -2.30. The minimum Gasteiger partial charge on any atom is -0.336 e. The maximum absolute atomic E-state index is 13.9. The number of imidazole rings is 2. The molecule has 2 heterocycles. The molecule has 0 aliphatic rings. The average Bonchev–Trinajstić information content (AvgIpc) is 3.32. The molecule has 2 aromatic heterocycles. The van der Waals surface area contributed by atoms with E-state index in [9.17, 15) is 8.78 Å². The van der Waals surface area contributed by atoms with Crippen LogP contribution in [0.4, 0.5) is 8.78 Å². The number of rotatable bonds is 8. The Balaban J connectivity index is 0.000000640. The van der Waals surface area contributed by atoms with Gasteiger partial charge in [-0.1, -0.05) is 6.07 Å². The van der Waals surface area contributed by atoms with Crippen LogP contribution in [0.5, 0.6) is 0 Å². The zero-order valence-electron chi connectivity index (χ0n) is 14.9. The van der Waals surface area contributed by atoms with E-state index in [0.29, 0.717) is 12.1 Å². The van der Waals surface area contributed by atoms with Crippen LogP contribution in [0.3, 0.4) is 0 Å². The van der Waals surface area contributed by atoms with Gasteiger partial charge in [0.15, 0.2) is 0 Å². The van der Waals surface area contributed by atoms with E-state index in [0.717, 1.165) is 32.2 Å². The Morgan fingerprint density at radius 3 is 2.04 bits per heavy atom. The monoisotopic (exact) mass is 394 g/mol. The molecule has 28 heavy (non-hydrogen) atoms. The average molecular weight is 394 g/mol. The third-order valence-corrected chi connectivity index (χ3v) is 3.88. The first kappa shape index (κ1) is 21.0. The summed E-state index contributed by atoms with van der Waals surface area (Å²) in [5.41, 5.74) is 0.493.